The second kappa shape index (κ2) is 13.8. The molecular formula is C28H43N7OS. The van der Waals surface area contributed by atoms with Crippen molar-refractivity contribution in [3.05, 3.63) is 42.5 Å². The summed E-state index contributed by atoms with van der Waals surface area (Å²) in [5, 5.41) is 14.1. The molecule has 3 aliphatic heterocycles. The van der Waals surface area contributed by atoms with Crippen molar-refractivity contribution < 1.29 is 5.11 Å². The fourth-order valence-corrected chi connectivity index (χ4v) is 5.72. The number of allylic oxidation sites excluding steroid dienone is 1. The highest BCUT2D eigenvalue weighted by Gasteiger charge is 2.42. The molecule has 3 atom stereocenters. The molecule has 37 heavy (non-hydrogen) atoms. The van der Waals surface area contributed by atoms with Crippen LogP contribution in [0.15, 0.2) is 52.0 Å². The highest BCUT2D eigenvalue weighted by Crippen LogP contribution is 2.42. The van der Waals surface area contributed by atoms with E-state index in [0.29, 0.717) is 29.1 Å². The Bertz CT molecular complexity index is 1050. The molecule has 1 aromatic heterocycles. The quantitative estimate of drug-likeness (QED) is 0.296. The van der Waals surface area contributed by atoms with Crippen LogP contribution in [-0.2, 0) is 0 Å². The summed E-state index contributed by atoms with van der Waals surface area (Å²) in [6.45, 7) is 13.4. The Morgan fingerprint density at radius 2 is 1.78 bits per heavy atom. The van der Waals surface area contributed by atoms with Gasteiger partial charge in [0.2, 0.25) is 0 Å². The maximum atomic E-state index is 10.3. The Hall–Kier alpha value is -2.62. The van der Waals surface area contributed by atoms with E-state index in [2.05, 4.69) is 65.8 Å². The first-order valence-electron chi connectivity index (χ1n) is 13.4. The van der Waals surface area contributed by atoms with Gasteiger partial charge in [-0.25, -0.2) is 20.4 Å². The minimum Gasteiger partial charge on any atom is -0.393 e. The maximum absolute atomic E-state index is 10.3. The molecule has 0 aliphatic carbocycles. The van der Waals surface area contributed by atoms with E-state index in [-0.39, 0.29) is 6.10 Å². The largest absolute Gasteiger partial charge is 0.393 e. The predicted molar refractivity (Wildman–Crippen MR) is 156 cm³/mol. The fraction of sp³-hybridized carbons (Fsp3) is 0.536. The van der Waals surface area contributed by atoms with E-state index in [1.807, 2.05) is 27.8 Å². The van der Waals surface area contributed by atoms with Crippen molar-refractivity contribution >= 4 is 34.9 Å². The Balaban J connectivity index is 0.000000711. The Kier molecular flexibility index (Phi) is 10.8. The van der Waals surface area contributed by atoms with E-state index in [9.17, 15) is 5.11 Å². The third kappa shape index (κ3) is 7.24. The van der Waals surface area contributed by atoms with Crippen LogP contribution in [-0.4, -0.2) is 52.2 Å². The number of aliphatic hydroxyl groups is 1. The highest BCUT2D eigenvalue weighted by molar-refractivity contribution is 7.99. The van der Waals surface area contributed by atoms with Crippen LogP contribution >= 0.6 is 11.8 Å². The van der Waals surface area contributed by atoms with Crippen molar-refractivity contribution in [3.63, 3.8) is 0 Å². The Labute approximate surface area is 226 Å². The molecule has 3 unspecified atom stereocenters. The van der Waals surface area contributed by atoms with Crippen LogP contribution in [0.5, 0.6) is 0 Å². The van der Waals surface area contributed by atoms with Crippen LogP contribution < -0.4 is 21.1 Å². The first-order valence-corrected chi connectivity index (χ1v) is 14.2. The molecule has 5 rings (SSSR count). The first-order chi connectivity index (χ1) is 17.9. The predicted octanol–water partition coefficient (Wildman–Crippen LogP) is 5.60. The van der Waals surface area contributed by atoms with Crippen LogP contribution in [0.25, 0.3) is 0 Å². The highest BCUT2D eigenvalue weighted by atomic mass is 32.2. The zero-order valence-corrected chi connectivity index (χ0v) is 23.9. The minimum atomic E-state index is -0.208. The summed E-state index contributed by atoms with van der Waals surface area (Å²) in [4.78, 5) is 18.3. The Morgan fingerprint density at radius 3 is 2.32 bits per heavy atom. The molecule has 0 amide bonds. The first kappa shape index (κ1) is 28.9. The van der Waals surface area contributed by atoms with Gasteiger partial charge in [-0.2, -0.15) is 0 Å². The molecule has 3 aliphatic rings. The topological polar surface area (TPSA) is 97.7 Å². The second-order valence-electron chi connectivity index (χ2n) is 9.41. The zero-order valence-electron chi connectivity index (χ0n) is 23.1. The third-order valence-electron chi connectivity index (χ3n) is 6.58. The van der Waals surface area contributed by atoms with Gasteiger partial charge in [-0.1, -0.05) is 19.9 Å². The minimum absolute atomic E-state index is 0.208. The van der Waals surface area contributed by atoms with Crippen molar-refractivity contribution in [1.29, 1.82) is 0 Å². The van der Waals surface area contributed by atoms with Gasteiger partial charge < -0.3 is 20.7 Å². The average molecular weight is 526 g/mol. The number of benzene rings is 1. The lowest BCUT2D eigenvalue weighted by atomic mass is 9.99. The van der Waals surface area contributed by atoms with Crippen molar-refractivity contribution in [2.45, 2.75) is 101 Å². The molecule has 2 aromatic rings. The smallest absolute Gasteiger partial charge is 0.196 e. The van der Waals surface area contributed by atoms with E-state index < -0.39 is 0 Å². The molecule has 4 heterocycles. The number of aliphatic imine (C=N–C) groups is 1. The zero-order chi connectivity index (χ0) is 26.9. The average Bonchev–Trinajstić information content (AvgIpc) is 3.42. The van der Waals surface area contributed by atoms with E-state index in [4.69, 9.17) is 15.0 Å². The summed E-state index contributed by atoms with van der Waals surface area (Å²) in [6, 6.07) is 9.27. The number of hydrogen-bond donors (Lipinski definition) is 4. The van der Waals surface area contributed by atoms with Crippen LogP contribution in [0.3, 0.4) is 0 Å². The molecule has 202 valence electrons. The van der Waals surface area contributed by atoms with Crippen LogP contribution in [0.2, 0.25) is 0 Å². The van der Waals surface area contributed by atoms with Crippen LogP contribution in [0.4, 0.5) is 17.3 Å². The molecule has 0 radical (unpaired) electrons. The summed E-state index contributed by atoms with van der Waals surface area (Å²) in [6.07, 6.45) is 6.20. The van der Waals surface area contributed by atoms with Gasteiger partial charge >= 0.3 is 0 Å². The molecule has 2 bridgehead atoms. The van der Waals surface area contributed by atoms with Gasteiger partial charge in [-0.3, -0.25) is 0 Å². The fourth-order valence-electron chi connectivity index (χ4n) is 4.97. The number of hydrogen-bond acceptors (Lipinski definition) is 8. The standard InChI is InChI=1S/C23H31N7OS.C3H6.C2H6/c1-13-10-20(29-28-13)25-21-14(2)22(30-16-6-7-17(30)12-18(31)11-16)27-23(26-21)32-19-8-4-15(24-3)5-9-19;1-3-2;1-2/h4-5,8-9,13,16-18,24,28,31H,6-7,10-12H2,1-3H3,(H,25,26,27,29);3H,1H2,2H3;1-2H3. The molecule has 0 saturated carbocycles. The summed E-state index contributed by atoms with van der Waals surface area (Å²) in [5.41, 5.74) is 8.46. The van der Waals surface area contributed by atoms with Crippen molar-refractivity contribution in [1.82, 2.24) is 20.8 Å². The van der Waals surface area contributed by atoms with Gasteiger partial charge in [0.15, 0.2) is 11.0 Å². The number of fused-ring (bicyclic) bond motifs is 2. The van der Waals surface area contributed by atoms with E-state index in [1.165, 1.54) is 0 Å². The summed E-state index contributed by atoms with van der Waals surface area (Å²) in [5.74, 6) is 2.58. The van der Waals surface area contributed by atoms with Gasteiger partial charge in [-0.05, 0) is 82.5 Å². The number of rotatable bonds is 5. The van der Waals surface area contributed by atoms with E-state index in [1.54, 1.807) is 17.8 Å². The number of hydrazine groups is 1. The summed E-state index contributed by atoms with van der Waals surface area (Å²) >= 11 is 1.56. The molecule has 3 saturated heterocycles. The summed E-state index contributed by atoms with van der Waals surface area (Å²) in [7, 11) is 1.92. The molecule has 1 aromatic carbocycles. The number of anilines is 2. The number of aromatic nitrogens is 2. The van der Waals surface area contributed by atoms with Gasteiger partial charge in [0.25, 0.3) is 0 Å². The van der Waals surface area contributed by atoms with Crippen molar-refractivity contribution in [2.24, 2.45) is 4.99 Å². The number of nitrogens with one attached hydrogen (secondary N) is 3. The monoisotopic (exact) mass is 525 g/mol. The SMILES string of the molecule is C=CC.CC.CNc1ccc(Sc2nc(/N=C3\CC(C)NN3)c(C)c(N3C4CCC3CC(O)C4)n2)cc1. The van der Waals surface area contributed by atoms with Gasteiger partial charge in [0.1, 0.15) is 11.7 Å². The van der Waals surface area contributed by atoms with Crippen LogP contribution in [0, 0.1) is 6.92 Å². The van der Waals surface area contributed by atoms with Crippen LogP contribution in [0.1, 0.15) is 65.4 Å². The van der Waals surface area contributed by atoms with Gasteiger partial charge in [0.05, 0.1) is 6.10 Å². The lowest BCUT2D eigenvalue weighted by Gasteiger charge is -2.39. The molecular weight excluding hydrogens is 482 g/mol. The molecule has 0 spiro atoms. The summed E-state index contributed by atoms with van der Waals surface area (Å²) < 4.78 is 0. The van der Waals surface area contributed by atoms with Crippen molar-refractivity contribution in [2.75, 3.05) is 17.3 Å². The molecule has 4 N–H and O–H groups in total. The van der Waals surface area contributed by atoms with Crippen molar-refractivity contribution in [3.8, 4) is 0 Å². The van der Waals surface area contributed by atoms with E-state index in [0.717, 1.165) is 59.9 Å². The van der Waals surface area contributed by atoms with Gasteiger partial charge in [-0.15, -0.1) is 6.58 Å². The molecule has 3 fully saturated rings. The van der Waals surface area contributed by atoms with Gasteiger partial charge in [0, 0.05) is 47.7 Å². The Morgan fingerprint density at radius 1 is 1.16 bits per heavy atom. The number of amidine groups is 1. The lowest BCUT2D eigenvalue weighted by Crippen LogP contribution is -2.45. The number of aliphatic hydroxyl groups excluding tert-OH is 1. The lowest BCUT2D eigenvalue weighted by molar-refractivity contribution is 0.126. The maximum Gasteiger partial charge on any atom is 0.196 e. The molecule has 8 nitrogen and oxygen atoms in total. The third-order valence-corrected chi connectivity index (χ3v) is 7.46. The second-order valence-corrected chi connectivity index (χ2v) is 10.5. The van der Waals surface area contributed by atoms with E-state index >= 15 is 0 Å². The molecule has 9 heteroatoms. The normalized spacial score (nSPS) is 24.9. The number of piperidine rings is 1. The number of nitrogens with zero attached hydrogens (tertiary/aromatic N) is 4.